The molecular formula is C24H29N5O4S2. The van der Waals surface area contributed by atoms with E-state index in [0.29, 0.717) is 65.6 Å². The van der Waals surface area contributed by atoms with Gasteiger partial charge >= 0.3 is 6.09 Å². The second-order valence-corrected chi connectivity index (χ2v) is 10.6. The van der Waals surface area contributed by atoms with Crippen LogP contribution in [-0.2, 0) is 9.53 Å². The molecule has 0 bridgehead atoms. The number of anilines is 1. The summed E-state index contributed by atoms with van der Waals surface area (Å²) in [5.41, 5.74) is 1.51. The smallest absolute Gasteiger partial charge is 0.409 e. The largest absolute Gasteiger partial charge is 0.450 e. The standard InChI is InChI=1S/C24H29N5O4S2/c1-5-33-23(32)27-11-9-26(10-12-27)20-17(21(30)28-8-6-7-16(4)19(28)25-20)13-18-22(31)29(14-15(2)3)24(34)35-18/h6-8,13,15H,5,9-12,14H2,1-4H3/b18-13-. The summed E-state index contributed by atoms with van der Waals surface area (Å²) in [5.74, 6) is 0.571. The van der Waals surface area contributed by atoms with Crippen molar-refractivity contribution in [3.63, 3.8) is 0 Å². The molecule has 2 aromatic rings. The Labute approximate surface area is 213 Å². The zero-order valence-electron chi connectivity index (χ0n) is 20.3. The fourth-order valence-corrected chi connectivity index (χ4v) is 5.39. The molecule has 2 aromatic heterocycles. The maximum Gasteiger partial charge on any atom is 0.409 e. The molecule has 2 amide bonds. The fourth-order valence-electron chi connectivity index (χ4n) is 4.14. The van der Waals surface area contributed by atoms with Gasteiger partial charge in [0.15, 0.2) is 0 Å². The van der Waals surface area contributed by atoms with Gasteiger partial charge in [0.2, 0.25) is 0 Å². The summed E-state index contributed by atoms with van der Waals surface area (Å²) in [5, 5.41) is 0. The van der Waals surface area contributed by atoms with E-state index in [1.165, 1.54) is 16.2 Å². The van der Waals surface area contributed by atoms with Crippen LogP contribution in [0.15, 0.2) is 28.0 Å². The van der Waals surface area contributed by atoms with Crippen molar-refractivity contribution >= 4 is 57.8 Å². The first kappa shape index (κ1) is 25.2. The number of carbonyl (C=O) groups excluding carboxylic acids is 2. The zero-order valence-corrected chi connectivity index (χ0v) is 21.9. The lowest BCUT2D eigenvalue weighted by Gasteiger charge is -2.35. The Kier molecular flexibility index (Phi) is 7.46. The molecule has 9 nitrogen and oxygen atoms in total. The third kappa shape index (κ3) is 5.06. The van der Waals surface area contributed by atoms with Crippen molar-refractivity contribution in [2.75, 3.05) is 44.2 Å². The van der Waals surface area contributed by atoms with Crippen LogP contribution in [0.5, 0.6) is 0 Å². The molecule has 4 heterocycles. The molecule has 4 rings (SSSR count). The lowest BCUT2D eigenvalue weighted by atomic mass is 10.2. The molecule has 35 heavy (non-hydrogen) atoms. The third-order valence-electron chi connectivity index (χ3n) is 5.87. The molecule has 0 unspecified atom stereocenters. The first-order chi connectivity index (χ1) is 16.7. The molecule has 0 N–H and O–H groups in total. The van der Waals surface area contributed by atoms with E-state index in [-0.39, 0.29) is 23.5 Å². The minimum Gasteiger partial charge on any atom is -0.450 e. The monoisotopic (exact) mass is 515 g/mol. The molecule has 0 aromatic carbocycles. The van der Waals surface area contributed by atoms with Gasteiger partial charge < -0.3 is 14.5 Å². The Morgan fingerprint density at radius 1 is 1.26 bits per heavy atom. The number of aromatic nitrogens is 2. The Morgan fingerprint density at radius 3 is 2.63 bits per heavy atom. The molecule has 2 aliphatic heterocycles. The number of piperazine rings is 1. The lowest BCUT2D eigenvalue weighted by molar-refractivity contribution is -0.122. The van der Waals surface area contributed by atoms with E-state index in [9.17, 15) is 14.4 Å². The Morgan fingerprint density at radius 2 is 1.97 bits per heavy atom. The minimum atomic E-state index is -0.344. The quantitative estimate of drug-likeness (QED) is 0.443. The van der Waals surface area contributed by atoms with Gasteiger partial charge in [-0.15, -0.1) is 0 Å². The predicted octanol–water partition coefficient (Wildman–Crippen LogP) is 3.14. The number of nitrogens with zero attached hydrogens (tertiary/aromatic N) is 5. The number of aryl methyl sites for hydroxylation is 1. The molecule has 2 saturated heterocycles. The van der Waals surface area contributed by atoms with Gasteiger partial charge in [0.1, 0.15) is 15.8 Å². The molecule has 2 aliphatic rings. The van der Waals surface area contributed by atoms with Gasteiger partial charge in [0.05, 0.1) is 17.1 Å². The number of hydrogen-bond donors (Lipinski definition) is 0. The molecule has 2 fully saturated rings. The average molecular weight is 516 g/mol. The Balaban J connectivity index is 1.75. The van der Waals surface area contributed by atoms with Crippen molar-refractivity contribution in [3.05, 3.63) is 44.7 Å². The molecule has 0 aliphatic carbocycles. The molecule has 0 spiro atoms. The SMILES string of the molecule is CCOC(=O)N1CCN(c2nc3c(C)cccn3c(=O)c2/C=C2\SC(=S)N(CC(C)C)C2=O)CC1. The summed E-state index contributed by atoms with van der Waals surface area (Å²) in [4.78, 5) is 49.4. The second-order valence-electron chi connectivity index (χ2n) is 8.90. The summed E-state index contributed by atoms with van der Waals surface area (Å²) in [6.07, 6.45) is 2.96. The van der Waals surface area contributed by atoms with Gasteiger partial charge in [-0.05, 0) is 37.5 Å². The average Bonchev–Trinajstić information content (AvgIpc) is 3.08. The number of carbonyl (C=O) groups is 2. The van der Waals surface area contributed by atoms with Crippen LogP contribution in [0.3, 0.4) is 0 Å². The molecule has 0 atom stereocenters. The molecule has 11 heteroatoms. The number of fused-ring (bicyclic) bond motifs is 1. The van der Waals surface area contributed by atoms with Gasteiger partial charge in [0, 0.05) is 38.9 Å². The minimum absolute atomic E-state index is 0.194. The van der Waals surface area contributed by atoms with E-state index in [2.05, 4.69) is 0 Å². The first-order valence-electron chi connectivity index (χ1n) is 11.6. The van der Waals surface area contributed by atoms with Crippen LogP contribution in [0.4, 0.5) is 10.6 Å². The van der Waals surface area contributed by atoms with Crippen molar-refractivity contribution in [2.24, 2.45) is 5.92 Å². The third-order valence-corrected chi connectivity index (χ3v) is 7.24. The summed E-state index contributed by atoms with van der Waals surface area (Å²) in [6.45, 7) is 10.5. The van der Waals surface area contributed by atoms with Crippen LogP contribution >= 0.6 is 24.0 Å². The number of ether oxygens (including phenoxy) is 1. The first-order valence-corrected chi connectivity index (χ1v) is 12.9. The van der Waals surface area contributed by atoms with Crippen molar-refractivity contribution in [2.45, 2.75) is 27.7 Å². The fraction of sp³-hybridized carbons (Fsp3) is 0.458. The highest BCUT2D eigenvalue weighted by atomic mass is 32.2. The van der Waals surface area contributed by atoms with Gasteiger partial charge in [-0.25, -0.2) is 9.78 Å². The summed E-state index contributed by atoms with van der Waals surface area (Å²) < 4.78 is 7.12. The summed E-state index contributed by atoms with van der Waals surface area (Å²) in [7, 11) is 0. The van der Waals surface area contributed by atoms with Gasteiger partial charge in [-0.2, -0.15) is 0 Å². The van der Waals surface area contributed by atoms with Crippen LogP contribution in [0, 0.1) is 12.8 Å². The molecular weight excluding hydrogens is 486 g/mol. The van der Waals surface area contributed by atoms with E-state index in [1.807, 2.05) is 31.7 Å². The topological polar surface area (TPSA) is 87.5 Å². The Bertz CT molecular complexity index is 1260. The zero-order chi connectivity index (χ0) is 25.3. The molecule has 0 saturated carbocycles. The van der Waals surface area contributed by atoms with Crippen molar-refractivity contribution in [3.8, 4) is 0 Å². The van der Waals surface area contributed by atoms with E-state index < -0.39 is 0 Å². The highest BCUT2D eigenvalue weighted by Gasteiger charge is 2.33. The van der Waals surface area contributed by atoms with Crippen LogP contribution in [0.2, 0.25) is 0 Å². The predicted molar refractivity (Wildman–Crippen MR) is 142 cm³/mol. The van der Waals surface area contributed by atoms with Crippen molar-refractivity contribution in [1.29, 1.82) is 0 Å². The second kappa shape index (κ2) is 10.4. The number of pyridine rings is 1. The van der Waals surface area contributed by atoms with E-state index in [1.54, 1.807) is 35.1 Å². The van der Waals surface area contributed by atoms with Crippen LogP contribution in [0.1, 0.15) is 31.9 Å². The number of thiocarbonyl (C=S) groups is 1. The number of hydrogen-bond acceptors (Lipinski definition) is 8. The Hall–Kier alpha value is -2.92. The molecule has 186 valence electrons. The number of thioether (sulfide) groups is 1. The van der Waals surface area contributed by atoms with Gasteiger partial charge in [-0.3, -0.25) is 18.9 Å². The van der Waals surface area contributed by atoms with Crippen LogP contribution < -0.4 is 10.5 Å². The lowest BCUT2D eigenvalue weighted by Crippen LogP contribution is -2.49. The van der Waals surface area contributed by atoms with E-state index in [4.69, 9.17) is 21.9 Å². The van der Waals surface area contributed by atoms with Crippen molar-refractivity contribution < 1.29 is 14.3 Å². The van der Waals surface area contributed by atoms with Crippen molar-refractivity contribution in [1.82, 2.24) is 19.2 Å². The maximum absolute atomic E-state index is 13.6. The van der Waals surface area contributed by atoms with Crippen LogP contribution in [-0.4, -0.2) is 74.8 Å². The van der Waals surface area contributed by atoms with Crippen LogP contribution in [0.25, 0.3) is 11.7 Å². The number of rotatable bonds is 5. The van der Waals surface area contributed by atoms with E-state index >= 15 is 0 Å². The summed E-state index contributed by atoms with van der Waals surface area (Å²) in [6, 6.07) is 3.70. The normalized spacial score (nSPS) is 17.9. The highest BCUT2D eigenvalue weighted by molar-refractivity contribution is 8.26. The highest BCUT2D eigenvalue weighted by Crippen LogP contribution is 2.34. The summed E-state index contributed by atoms with van der Waals surface area (Å²) >= 11 is 6.65. The number of amides is 2. The maximum atomic E-state index is 13.6. The van der Waals surface area contributed by atoms with E-state index in [0.717, 1.165) is 5.56 Å². The van der Waals surface area contributed by atoms with Gasteiger partial charge in [0.25, 0.3) is 11.5 Å². The molecule has 0 radical (unpaired) electrons. The van der Waals surface area contributed by atoms with Gasteiger partial charge in [-0.1, -0.05) is 43.9 Å².